The molecule has 1 aromatic rings. The van der Waals surface area contributed by atoms with Gasteiger partial charge in [-0.05, 0) is 31.6 Å². The summed E-state index contributed by atoms with van der Waals surface area (Å²) in [4.78, 5) is 0.00273. The zero-order valence-electron chi connectivity index (χ0n) is 9.40. The van der Waals surface area contributed by atoms with Gasteiger partial charge in [0.2, 0.25) is 15.0 Å². The molecule has 0 spiro atoms. The van der Waals surface area contributed by atoms with E-state index in [-0.39, 0.29) is 4.90 Å². The van der Waals surface area contributed by atoms with Crippen LogP contribution >= 0.6 is 0 Å². The van der Waals surface area contributed by atoms with Crippen molar-refractivity contribution in [2.75, 3.05) is 0 Å². The first-order chi connectivity index (χ1) is 7.48. The van der Waals surface area contributed by atoms with E-state index < -0.39 is 15.0 Å². The number of sulfone groups is 1. The van der Waals surface area contributed by atoms with Crippen LogP contribution in [0.3, 0.4) is 0 Å². The zero-order valence-corrected chi connectivity index (χ0v) is 10.2. The third-order valence-electron chi connectivity index (χ3n) is 2.18. The van der Waals surface area contributed by atoms with Gasteiger partial charge in [-0.1, -0.05) is 31.0 Å². The lowest BCUT2D eigenvalue weighted by atomic mass is 10.2. The Hall–Kier alpha value is -1.16. The van der Waals surface area contributed by atoms with Gasteiger partial charge in [0.15, 0.2) is 0 Å². The number of benzene rings is 1. The maximum Gasteiger partial charge on any atom is 0.232 e. The molecule has 0 fully saturated rings. The summed E-state index contributed by atoms with van der Waals surface area (Å²) in [7, 11) is -3.93. The van der Waals surface area contributed by atoms with Crippen molar-refractivity contribution in [1.82, 2.24) is 0 Å². The molecule has 1 aromatic carbocycles. The van der Waals surface area contributed by atoms with E-state index in [1.807, 2.05) is 13.8 Å². The Balaban J connectivity index is 3.07. The minimum Gasteiger partial charge on any atom is -0.216 e. The minimum atomic E-state index is -3.93. The summed E-state index contributed by atoms with van der Waals surface area (Å²) in [6.45, 7) is 3.71. The lowest BCUT2D eigenvalue weighted by Gasteiger charge is -2.02. The molecular formula is C12H15FO2S. The van der Waals surface area contributed by atoms with Crippen molar-refractivity contribution in [2.45, 2.75) is 31.6 Å². The first-order valence-electron chi connectivity index (χ1n) is 5.16. The predicted octanol–water partition coefficient (Wildman–Crippen LogP) is 3.38. The minimum absolute atomic E-state index is 0.00273. The molecule has 0 saturated heterocycles. The Labute approximate surface area is 95.7 Å². The van der Waals surface area contributed by atoms with Gasteiger partial charge in [-0.15, -0.1) is 0 Å². The third-order valence-corrected chi connectivity index (χ3v) is 3.75. The van der Waals surface area contributed by atoms with E-state index in [0.717, 1.165) is 18.1 Å². The van der Waals surface area contributed by atoms with Crippen LogP contribution in [0.25, 0.3) is 0 Å². The van der Waals surface area contributed by atoms with Crippen molar-refractivity contribution < 1.29 is 12.8 Å². The number of hydrogen-bond donors (Lipinski definition) is 0. The third kappa shape index (κ3) is 2.92. The van der Waals surface area contributed by atoms with Gasteiger partial charge in [-0.2, -0.15) is 4.39 Å². The molecule has 0 N–H and O–H groups in total. The van der Waals surface area contributed by atoms with E-state index in [1.165, 1.54) is 12.1 Å². The lowest BCUT2D eigenvalue weighted by molar-refractivity contribution is 0.575. The summed E-state index contributed by atoms with van der Waals surface area (Å²) in [6, 6.07) is 6.15. The molecule has 1 rings (SSSR count). The maximum absolute atomic E-state index is 13.4. The van der Waals surface area contributed by atoms with Gasteiger partial charge in [0.05, 0.1) is 4.90 Å². The Kier molecular flexibility index (Phi) is 4.24. The molecule has 4 heteroatoms. The van der Waals surface area contributed by atoms with Crippen LogP contribution in [0.5, 0.6) is 0 Å². The quantitative estimate of drug-likeness (QED) is 0.811. The average Bonchev–Trinajstić information content (AvgIpc) is 2.26. The highest BCUT2D eigenvalue weighted by molar-refractivity contribution is 7.95. The second kappa shape index (κ2) is 5.25. The topological polar surface area (TPSA) is 34.1 Å². The Morgan fingerprint density at radius 3 is 2.38 bits per heavy atom. The van der Waals surface area contributed by atoms with E-state index in [4.69, 9.17) is 0 Å². The molecule has 0 radical (unpaired) electrons. The number of allylic oxidation sites excluding steroid dienone is 1. The molecule has 16 heavy (non-hydrogen) atoms. The van der Waals surface area contributed by atoms with E-state index in [9.17, 15) is 12.8 Å². The fourth-order valence-electron chi connectivity index (χ4n) is 1.20. The normalized spacial score (nSPS) is 12.8. The van der Waals surface area contributed by atoms with Crippen LogP contribution < -0.4 is 0 Å². The second-order valence-electron chi connectivity index (χ2n) is 3.61. The van der Waals surface area contributed by atoms with Crippen LogP contribution in [0.2, 0.25) is 0 Å². The average molecular weight is 242 g/mol. The van der Waals surface area contributed by atoms with Gasteiger partial charge < -0.3 is 0 Å². The van der Waals surface area contributed by atoms with Crippen LogP contribution in [-0.4, -0.2) is 8.42 Å². The maximum atomic E-state index is 13.4. The van der Waals surface area contributed by atoms with E-state index in [2.05, 4.69) is 0 Å². The molecule has 88 valence electrons. The smallest absolute Gasteiger partial charge is 0.216 e. The highest BCUT2D eigenvalue weighted by Crippen LogP contribution is 2.21. The number of rotatable bonds is 4. The summed E-state index contributed by atoms with van der Waals surface area (Å²) in [5.74, 6) is 0. The van der Waals surface area contributed by atoms with E-state index in [0.29, 0.717) is 6.42 Å². The van der Waals surface area contributed by atoms with Gasteiger partial charge in [0.1, 0.15) is 0 Å². The molecule has 0 amide bonds. The van der Waals surface area contributed by atoms with Crippen LogP contribution in [0.4, 0.5) is 4.39 Å². The van der Waals surface area contributed by atoms with E-state index >= 15 is 0 Å². The van der Waals surface area contributed by atoms with E-state index in [1.54, 1.807) is 12.1 Å². The SMILES string of the molecule is CCC/C=C(\F)S(=O)(=O)c1ccc(C)cc1. The molecule has 0 bridgehead atoms. The molecule has 0 heterocycles. The largest absolute Gasteiger partial charge is 0.232 e. The Morgan fingerprint density at radius 1 is 1.31 bits per heavy atom. The predicted molar refractivity (Wildman–Crippen MR) is 62.5 cm³/mol. The fourth-order valence-corrected chi connectivity index (χ4v) is 2.25. The number of aryl methyl sites for hydroxylation is 1. The molecule has 0 unspecified atom stereocenters. The Morgan fingerprint density at radius 2 is 1.88 bits per heavy atom. The van der Waals surface area contributed by atoms with Crippen molar-refractivity contribution in [3.63, 3.8) is 0 Å². The number of hydrogen-bond acceptors (Lipinski definition) is 2. The van der Waals surface area contributed by atoms with Crippen molar-refractivity contribution in [2.24, 2.45) is 0 Å². The van der Waals surface area contributed by atoms with Crippen molar-refractivity contribution in [1.29, 1.82) is 0 Å². The first kappa shape index (κ1) is 12.9. The van der Waals surface area contributed by atoms with Crippen molar-refractivity contribution >= 4 is 9.84 Å². The highest BCUT2D eigenvalue weighted by Gasteiger charge is 2.19. The molecule has 0 aliphatic carbocycles. The van der Waals surface area contributed by atoms with Crippen molar-refractivity contribution in [3.8, 4) is 0 Å². The van der Waals surface area contributed by atoms with Gasteiger partial charge in [0.25, 0.3) is 0 Å². The summed E-state index contributed by atoms with van der Waals surface area (Å²) in [5.41, 5.74) is 0.942. The standard InChI is InChI=1S/C12H15FO2S/c1-3-4-5-12(13)16(14,15)11-8-6-10(2)7-9-11/h5-9H,3-4H2,1-2H3/b12-5+. The van der Waals surface area contributed by atoms with Crippen LogP contribution in [0.15, 0.2) is 40.4 Å². The highest BCUT2D eigenvalue weighted by atomic mass is 32.2. The van der Waals surface area contributed by atoms with Gasteiger partial charge in [-0.25, -0.2) is 8.42 Å². The van der Waals surface area contributed by atoms with Gasteiger partial charge in [0, 0.05) is 0 Å². The molecule has 0 aromatic heterocycles. The monoisotopic (exact) mass is 242 g/mol. The summed E-state index contributed by atoms with van der Waals surface area (Å²) in [6.07, 6.45) is 2.27. The van der Waals surface area contributed by atoms with Gasteiger partial charge in [-0.3, -0.25) is 0 Å². The molecule has 0 atom stereocenters. The zero-order chi connectivity index (χ0) is 12.2. The molecule has 0 aliphatic heterocycles. The lowest BCUT2D eigenvalue weighted by Crippen LogP contribution is -2.01. The summed E-state index contributed by atoms with van der Waals surface area (Å²) >= 11 is 0. The van der Waals surface area contributed by atoms with Crippen molar-refractivity contribution in [3.05, 3.63) is 41.1 Å². The molecular weight excluding hydrogens is 227 g/mol. The Bertz CT molecular complexity index is 472. The molecule has 0 saturated carbocycles. The van der Waals surface area contributed by atoms with Crippen LogP contribution in [0, 0.1) is 6.92 Å². The number of halogens is 1. The summed E-state index contributed by atoms with van der Waals surface area (Å²) < 4.78 is 36.8. The van der Waals surface area contributed by atoms with Gasteiger partial charge >= 0.3 is 0 Å². The molecule has 0 aliphatic rings. The number of unbranched alkanes of at least 4 members (excludes halogenated alkanes) is 1. The summed E-state index contributed by atoms with van der Waals surface area (Å²) in [5, 5.41) is -1.06. The first-order valence-corrected chi connectivity index (χ1v) is 6.64. The van der Waals surface area contributed by atoms with Crippen LogP contribution in [-0.2, 0) is 9.84 Å². The molecule has 2 nitrogen and oxygen atoms in total. The van der Waals surface area contributed by atoms with Crippen LogP contribution in [0.1, 0.15) is 25.3 Å². The second-order valence-corrected chi connectivity index (χ2v) is 5.48. The fraction of sp³-hybridized carbons (Fsp3) is 0.333.